The van der Waals surface area contributed by atoms with Crippen molar-refractivity contribution in [3.63, 3.8) is 0 Å². The zero-order chi connectivity index (χ0) is 14.0. The molecule has 2 rings (SSSR count). The molecule has 0 unspecified atom stereocenters. The first-order chi connectivity index (χ1) is 8.93. The summed E-state index contributed by atoms with van der Waals surface area (Å²) in [5.74, 6) is 1.50. The minimum absolute atomic E-state index is 0.0804. The maximum Gasteiger partial charge on any atom is 0.246 e. The molecule has 4 heteroatoms. The fraction of sp³-hybridized carbons (Fsp3) is 0.800. The third-order valence-electron chi connectivity index (χ3n) is 4.55. The lowest BCUT2D eigenvalue weighted by Crippen LogP contribution is -2.67. The van der Waals surface area contributed by atoms with Gasteiger partial charge in [-0.1, -0.05) is 20.4 Å². The molecule has 108 valence electrons. The van der Waals surface area contributed by atoms with Gasteiger partial charge in [-0.15, -0.1) is 0 Å². The van der Waals surface area contributed by atoms with Crippen LogP contribution < -0.4 is 0 Å². The van der Waals surface area contributed by atoms with Gasteiger partial charge in [0.1, 0.15) is 5.60 Å². The van der Waals surface area contributed by atoms with Crippen LogP contribution in [0.5, 0.6) is 0 Å². The normalized spacial score (nSPS) is 24.3. The SMILES string of the molecule is C=CC(=O)N1CC(O)(CN2CCC(C(C)C)CC2)C1. The van der Waals surface area contributed by atoms with Gasteiger partial charge in [0.25, 0.3) is 0 Å². The summed E-state index contributed by atoms with van der Waals surface area (Å²) in [4.78, 5) is 15.4. The van der Waals surface area contributed by atoms with Gasteiger partial charge in [-0.25, -0.2) is 0 Å². The summed E-state index contributed by atoms with van der Waals surface area (Å²) >= 11 is 0. The Morgan fingerprint density at radius 3 is 2.47 bits per heavy atom. The molecule has 1 N–H and O–H groups in total. The van der Waals surface area contributed by atoms with Gasteiger partial charge >= 0.3 is 0 Å². The molecule has 4 nitrogen and oxygen atoms in total. The summed E-state index contributed by atoms with van der Waals surface area (Å²) in [5, 5.41) is 10.4. The molecule has 2 aliphatic heterocycles. The van der Waals surface area contributed by atoms with Crippen LogP contribution in [0.4, 0.5) is 0 Å². The molecule has 2 heterocycles. The van der Waals surface area contributed by atoms with E-state index in [0.29, 0.717) is 19.6 Å². The summed E-state index contributed by atoms with van der Waals surface area (Å²) in [6.45, 7) is 11.8. The van der Waals surface area contributed by atoms with E-state index in [1.165, 1.54) is 18.9 Å². The Labute approximate surface area is 116 Å². The van der Waals surface area contributed by atoms with Gasteiger partial charge in [-0.3, -0.25) is 4.79 Å². The Morgan fingerprint density at radius 1 is 1.42 bits per heavy atom. The molecular formula is C15H26N2O2. The number of hydrogen-bond donors (Lipinski definition) is 1. The highest BCUT2D eigenvalue weighted by atomic mass is 16.3. The number of aliphatic hydroxyl groups is 1. The summed E-state index contributed by atoms with van der Waals surface area (Å²) in [6.07, 6.45) is 3.76. The van der Waals surface area contributed by atoms with Crippen LogP contribution in [0.3, 0.4) is 0 Å². The molecule has 19 heavy (non-hydrogen) atoms. The largest absolute Gasteiger partial charge is 0.385 e. The van der Waals surface area contributed by atoms with Crippen LogP contribution in [0, 0.1) is 11.8 Å². The Balaban J connectivity index is 1.75. The topological polar surface area (TPSA) is 43.8 Å². The molecule has 2 aliphatic rings. The number of amides is 1. The maximum atomic E-state index is 11.4. The van der Waals surface area contributed by atoms with E-state index in [1.54, 1.807) is 4.90 Å². The lowest BCUT2D eigenvalue weighted by molar-refractivity contribution is -0.154. The van der Waals surface area contributed by atoms with Crippen molar-refractivity contribution in [3.05, 3.63) is 12.7 Å². The smallest absolute Gasteiger partial charge is 0.246 e. The monoisotopic (exact) mass is 266 g/mol. The summed E-state index contributed by atoms with van der Waals surface area (Å²) in [7, 11) is 0. The molecular weight excluding hydrogens is 240 g/mol. The minimum Gasteiger partial charge on any atom is -0.385 e. The average molecular weight is 266 g/mol. The minimum atomic E-state index is -0.705. The van der Waals surface area contributed by atoms with Crippen molar-refractivity contribution in [1.82, 2.24) is 9.80 Å². The van der Waals surface area contributed by atoms with E-state index < -0.39 is 5.60 Å². The number of carbonyl (C=O) groups is 1. The molecule has 0 aromatic carbocycles. The van der Waals surface area contributed by atoms with E-state index in [9.17, 15) is 9.90 Å². The Hall–Kier alpha value is -0.870. The van der Waals surface area contributed by atoms with Gasteiger partial charge in [0.2, 0.25) is 5.91 Å². The van der Waals surface area contributed by atoms with E-state index in [4.69, 9.17) is 0 Å². The number of rotatable bonds is 4. The van der Waals surface area contributed by atoms with Gasteiger partial charge in [-0.2, -0.15) is 0 Å². The van der Waals surface area contributed by atoms with Crippen LogP contribution in [-0.4, -0.2) is 59.1 Å². The van der Waals surface area contributed by atoms with Gasteiger partial charge in [0, 0.05) is 6.54 Å². The number of likely N-dealkylation sites (tertiary alicyclic amines) is 2. The Kier molecular flexibility index (Phi) is 4.31. The van der Waals surface area contributed by atoms with Crippen molar-refractivity contribution < 1.29 is 9.90 Å². The molecule has 0 spiro atoms. The first kappa shape index (κ1) is 14.5. The first-order valence-corrected chi connectivity index (χ1v) is 7.29. The highest BCUT2D eigenvalue weighted by Gasteiger charge is 2.44. The van der Waals surface area contributed by atoms with Crippen LogP contribution in [0.15, 0.2) is 12.7 Å². The van der Waals surface area contributed by atoms with Crippen LogP contribution in [0.1, 0.15) is 26.7 Å². The average Bonchev–Trinajstić information content (AvgIpc) is 2.35. The highest BCUT2D eigenvalue weighted by molar-refractivity contribution is 5.87. The zero-order valence-corrected chi connectivity index (χ0v) is 12.1. The Morgan fingerprint density at radius 2 is 2.00 bits per heavy atom. The summed E-state index contributed by atoms with van der Waals surface area (Å²) in [6, 6.07) is 0. The molecule has 2 saturated heterocycles. The molecule has 0 aliphatic carbocycles. The number of hydrogen-bond acceptors (Lipinski definition) is 3. The van der Waals surface area contributed by atoms with Crippen LogP contribution in [-0.2, 0) is 4.79 Å². The van der Waals surface area contributed by atoms with Gasteiger partial charge in [0.15, 0.2) is 0 Å². The molecule has 1 amide bonds. The van der Waals surface area contributed by atoms with Gasteiger partial charge in [0.05, 0.1) is 13.1 Å². The molecule has 0 bridgehead atoms. The summed E-state index contributed by atoms with van der Waals surface area (Å²) < 4.78 is 0. The van der Waals surface area contributed by atoms with Gasteiger partial charge < -0.3 is 14.9 Å². The number of nitrogens with zero attached hydrogens (tertiary/aromatic N) is 2. The second-order valence-corrected chi connectivity index (χ2v) is 6.48. The molecule has 0 aromatic rings. The fourth-order valence-corrected chi connectivity index (χ4v) is 3.24. The van der Waals surface area contributed by atoms with Crippen LogP contribution in [0.25, 0.3) is 0 Å². The zero-order valence-electron chi connectivity index (χ0n) is 12.1. The van der Waals surface area contributed by atoms with Crippen molar-refractivity contribution in [2.45, 2.75) is 32.3 Å². The molecule has 0 radical (unpaired) electrons. The predicted molar refractivity (Wildman–Crippen MR) is 75.7 cm³/mol. The van der Waals surface area contributed by atoms with Crippen molar-refractivity contribution in [1.29, 1.82) is 0 Å². The maximum absolute atomic E-state index is 11.4. The van der Waals surface area contributed by atoms with E-state index in [0.717, 1.165) is 24.9 Å². The van der Waals surface area contributed by atoms with Crippen LogP contribution >= 0.6 is 0 Å². The third kappa shape index (κ3) is 3.37. The number of β-amino-alcohol motifs (C(OH)–C–C–N with tert-alkyl or cyclic N) is 1. The fourth-order valence-electron chi connectivity index (χ4n) is 3.24. The molecule has 2 fully saturated rings. The standard InChI is InChI=1S/C15H26N2O2/c1-4-14(18)17-10-15(19,11-17)9-16-7-5-13(6-8-16)12(2)3/h4,12-13,19H,1,5-11H2,2-3H3. The lowest BCUT2D eigenvalue weighted by atomic mass is 9.85. The quantitative estimate of drug-likeness (QED) is 0.775. The number of carbonyl (C=O) groups excluding carboxylic acids is 1. The molecule has 0 saturated carbocycles. The first-order valence-electron chi connectivity index (χ1n) is 7.29. The van der Waals surface area contributed by atoms with Crippen molar-refractivity contribution >= 4 is 5.91 Å². The van der Waals surface area contributed by atoms with Gasteiger partial charge in [-0.05, 0) is 43.8 Å². The second-order valence-electron chi connectivity index (χ2n) is 6.48. The van der Waals surface area contributed by atoms with E-state index in [1.807, 2.05) is 0 Å². The summed E-state index contributed by atoms with van der Waals surface area (Å²) in [5.41, 5.74) is -0.705. The Bertz CT molecular complexity index is 340. The van der Waals surface area contributed by atoms with E-state index >= 15 is 0 Å². The van der Waals surface area contributed by atoms with Crippen LogP contribution in [0.2, 0.25) is 0 Å². The van der Waals surface area contributed by atoms with Crippen molar-refractivity contribution in [2.75, 3.05) is 32.7 Å². The van der Waals surface area contributed by atoms with Crippen molar-refractivity contribution in [3.8, 4) is 0 Å². The highest BCUT2D eigenvalue weighted by Crippen LogP contribution is 2.28. The second kappa shape index (κ2) is 5.63. The lowest BCUT2D eigenvalue weighted by Gasteiger charge is -2.49. The van der Waals surface area contributed by atoms with E-state index in [-0.39, 0.29) is 5.91 Å². The molecule has 0 atom stereocenters. The predicted octanol–water partition coefficient (Wildman–Crippen LogP) is 1.11. The van der Waals surface area contributed by atoms with E-state index in [2.05, 4.69) is 25.3 Å². The third-order valence-corrected chi connectivity index (χ3v) is 4.55. The molecule has 0 aromatic heterocycles. The number of piperidine rings is 1. The van der Waals surface area contributed by atoms with Crippen molar-refractivity contribution in [2.24, 2.45) is 11.8 Å².